The molecule has 31 heavy (non-hydrogen) atoms. The first-order chi connectivity index (χ1) is 14.9. The minimum absolute atomic E-state index is 0.114. The molecule has 0 unspecified atom stereocenters. The first-order valence-corrected chi connectivity index (χ1v) is 10.6. The van der Waals surface area contributed by atoms with E-state index in [2.05, 4.69) is 15.2 Å². The number of hydrogen-bond donors (Lipinski definition) is 2. The first-order valence-electron chi connectivity index (χ1n) is 9.18. The van der Waals surface area contributed by atoms with Gasteiger partial charge in [0.05, 0.1) is 19.0 Å². The normalized spacial score (nSPS) is 11.8. The number of azo groups is 1. The molecule has 8 nitrogen and oxygen atoms in total. The van der Waals surface area contributed by atoms with Gasteiger partial charge in [0.1, 0.15) is 16.3 Å². The lowest BCUT2D eigenvalue weighted by Gasteiger charge is -2.10. The number of fused-ring (bicyclic) bond motifs is 1. The molecule has 3 N–H and O–H groups in total. The summed E-state index contributed by atoms with van der Waals surface area (Å²) in [5.41, 5.74) is 8.59. The molecule has 4 rings (SSSR count). The number of anilines is 1. The van der Waals surface area contributed by atoms with Crippen molar-refractivity contribution in [2.45, 2.75) is 4.90 Å². The van der Waals surface area contributed by atoms with Gasteiger partial charge < -0.3 is 10.5 Å². The molecule has 0 aliphatic carbocycles. The second kappa shape index (κ2) is 8.13. The molecule has 1 aromatic heterocycles. The summed E-state index contributed by atoms with van der Waals surface area (Å²) < 4.78 is 38.7. The Bertz CT molecular complexity index is 1400. The Hall–Kier alpha value is -3.82. The molecule has 0 saturated carbocycles. The fourth-order valence-electron chi connectivity index (χ4n) is 3.24. The van der Waals surface area contributed by atoms with Crippen LogP contribution >= 0.6 is 0 Å². The van der Waals surface area contributed by atoms with Crippen LogP contribution in [0.15, 0.2) is 88.1 Å². The Balaban J connectivity index is 1.82. The van der Waals surface area contributed by atoms with E-state index in [1.54, 1.807) is 30.3 Å². The minimum Gasteiger partial charge on any atom is -0.481 e. The van der Waals surface area contributed by atoms with E-state index in [-0.39, 0.29) is 16.3 Å². The third-order valence-electron chi connectivity index (χ3n) is 4.69. The van der Waals surface area contributed by atoms with Crippen molar-refractivity contribution in [1.82, 2.24) is 4.98 Å². The predicted octanol–water partition coefficient (Wildman–Crippen LogP) is 5.15. The van der Waals surface area contributed by atoms with E-state index in [4.69, 9.17) is 10.5 Å². The van der Waals surface area contributed by atoms with E-state index in [0.29, 0.717) is 22.3 Å². The standard InChI is InChI=1S/C22H18N4O4S/c1-30-22-18(14-7-3-2-4-8-14)11-15(13-24-22)25-26-19-12-20(31(27,28)29)16-9-5-6-10-17(16)21(19)23/h2-13H,23H2,1H3,(H,27,28,29). The fourth-order valence-corrected chi connectivity index (χ4v) is 3.96. The van der Waals surface area contributed by atoms with Crippen molar-refractivity contribution in [3.05, 3.63) is 72.9 Å². The van der Waals surface area contributed by atoms with Crippen LogP contribution in [0.25, 0.3) is 21.9 Å². The highest BCUT2D eigenvalue weighted by atomic mass is 32.2. The van der Waals surface area contributed by atoms with E-state index in [1.165, 1.54) is 19.4 Å². The Morgan fingerprint density at radius 2 is 1.65 bits per heavy atom. The van der Waals surface area contributed by atoms with Crippen LogP contribution in [0.4, 0.5) is 17.1 Å². The van der Waals surface area contributed by atoms with Crippen LogP contribution in [0.1, 0.15) is 0 Å². The number of nitrogen functional groups attached to an aromatic ring is 1. The van der Waals surface area contributed by atoms with Crippen LogP contribution in [0.5, 0.6) is 5.88 Å². The van der Waals surface area contributed by atoms with Gasteiger partial charge in [-0.1, -0.05) is 54.6 Å². The Morgan fingerprint density at radius 3 is 2.32 bits per heavy atom. The minimum atomic E-state index is -4.49. The van der Waals surface area contributed by atoms with Crippen molar-refractivity contribution >= 4 is 38.0 Å². The largest absolute Gasteiger partial charge is 0.481 e. The van der Waals surface area contributed by atoms with E-state index in [0.717, 1.165) is 11.1 Å². The molecule has 0 saturated heterocycles. The van der Waals surface area contributed by atoms with Gasteiger partial charge in [-0.05, 0) is 17.7 Å². The summed E-state index contributed by atoms with van der Waals surface area (Å²) in [6.07, 6.45) is 1.48. The quantitative estimate of drug-likeness (QED) is 0.254. The van der Waals surface area contributed by atoms with Crippen LogP contribution in [0.3, 0.4) is 0 Å². The van der Waals surface area contributed by atoms with Crippen molar-refractivity contribution < 1.29 is 17.7 Å². The smallest absolute Gasteiger partial charge is 0.295 e. The van der Waals surface area contributed by atoms with Crippen molar-refractivity contribution in [3.63, 3.8) is 0 Å². The van der Waals surface area contributed by atoms with Gasteiger partial charge in [0, 0.05) is 16.3 Å². The van der Waals surface area contributed by atoms with E-state index in [1.807, 2.05) is 30.3 Å². The zero-order valence-electron chi connectivity index (χ0n) is 16.4. The lowest BCUT2D eigenvalue weighted by molar-refractivity contribution is 0.400. The lowest BCUT2D eigenvalue weighted by Crippen LogP contribution is -2.01. The van der Waals surface area contributed by atoms with Gasteiger partial charge in [-0.2, -0.15) is 8.42 Å². The molecule has 156 valence electrons. The maximum atomic E-state index is 11.9. The summed E-state index contributed by atoms with van der Waals surface area (Å²) in [5, 5.41) is 9.07. The summed E-state index contributed by atoms with van der Waals surface area (Å²) in [6.45, 7) is 0. The van der Waals surface area contributed by atoms with Gasteiger partial charge in [-0.3, -0.25) is 4.55 Å². The molecule has 3 aromatic carbocycles. The predicted molar refractivity (Wildman–Crippen MR) is 119 cm³/mol. The van der Waals surface area contributed by atoms with Crippen LogP contribution < -0.4 is 10.5 Å². The van der Waals surface area contributed by atoms with Crippen LogP contribution in [0.2, 0.25) is 0 Å². The zero-order chi connectivity index (χ0) is 22.0. The van der Waals surface area contributed by atoms with Crippen molar-refractivity contribution in [2.24, 2.45) is 10.2 Å². The average Bonchev–Trinajstić information content (AvgIpc) is 2.78. The number of nitrogens with two attached hydrogens (primary N) is 1. The highest BCUT2D eigenvalue weighted by Gasteiger charge is 2.18. The molecule has 0 amide bonds. The number of pyridine rings is 1. The monoisotopic (exact) mass is 434 g/mol. The number of methoxy groups -OCH3 is 1. The van der Waals surface area contributed by atoms with Gasteiger partial charge in [0.15, 0.2) is 0 Å². The molecular formula is C22H18N4O4S. The highest BCUT2D eigenvalue weighted by molar-refractivity contribution is 7.86. The number of ether oxygens (including phenoxy) is 1. The highest BCUT2D eigenvalue weighted by Crippen LogP contribution is 2.37. The molecule has 9 heteroatoms. The van der Waals surface area contributed by atoms with Crippen LogP contribution in [-0.4, -0.2) is 25.1 Å². The van der Waals surface area contributed by atoms with E-state index >= 15 is 0 Å². The molecule has 0 fully saturated rings. The molecule has 0 aliphatic rings. The second-order valence-electron chi connectivity index (χ2n) is 6.64. The molecule has 0 radical (unpaired) electrons. The summed E-state index contributed by atoms with van der Waals surface area (Å²) in [4.78, 5) is 3.98. The molecule has 1 heterocycles. The zero-order valence-corrected chi connectivity index (χ0v) is 17.2. The molecule has 0 atom stereocenters. The Kier molecular flexibility index (Phi) is 5.37. The van der Waals surface area contributed by atoms with Gasteiger partial charge in [0.2, 0.25) is 5.88 Å². The number of hydrogen-bond acceptors (Lipinski definition) is 7. The van der Waals surface area contributed by atoms with Crippen molar-refractivity contribution in [2.75, 3.05) is 12.8 Å². The SMILES string of the molecule is COc1ncc(N=Nc2cc(S(=O)(=O)O)c3ccccc3c2N)cc1-c1ccccc1. The van der Waals surface area contributed by atoms with Crippen LogP contribution in [-0.2, 0) is 10.1 Å². The molecule has 0 spiro atoms. The Morgan fingerprint density at radius 1 is 0.968 bits per heavy atom. The molecule has 4 aromatic rings. The molecule has 0 aliphatic heterocycles. The fraction of sp³-hybridized carbons (Fsp3) is 0.0455. The van der Waals surface area contributed by atoms with E-state index < -0.39 is 10.1 Å². The lowest BCUT2D eigenvalue weighted by atomic mass is 10.1. The number of aromatic nitrogens is 1. The maximum Gasteiger partial charge on any atom is 0.295 e. The third kappa shape index (κ3) is 4.09. The van der Waals surface area contributed by atoms with Crippen LogP contribution in [0, 0.1) is 0 Å². The van der Waals surface area contributed by atoms with Gasteiger partial charge in [0.25, 0.3) is 10.1 Å². The topological polar surface area (TPSA) is 127 Å². The number of benzene rings is 3. The summed E-state index contributed by atoms with van der Waals surface area (Å²) in [6, 6.07) is 19.1. The molecule has 0 bridgehead atoms. The summed E-state index contributed by atoms with van der Waals surface area (Å²) >= 11 is 0. The van der Waals surface area contributed by atoms with Crippen molar-refractivity contribution in [3.8, 4) is 17.0 Å². The van der Waals surface area contributed by atoms with Gasteiger partial charge >= 0.3 is 0 Å². The molecular weight excluding hydrogens is 416 g/mol. The van der Waals surface area contributed by atoms with Gasteiger partial charge in [-0.15, -0.1) is 10.2 Å². The third-order valence-corrected chi connectivity index (χ3v) is 5.59. The summed E-state index contributed by atoms with van der Waals surface area (Å²) in [5.74, 6) is 0.434. The van der Waals surface area contributed by atoms with E-state index in [9.17, 15) is 13.0 Å². The Labute approximate surface area is 178 Å². The second-order valence-corrected chi connectivity index (χ2v) is 8.03. The first kappa shape index (κ1) is 20.5. The van der Waals surface area contributed by atoms with Gasteiger partial charge in [-0.25, -0.2) is 4.98 Å². The number of rotatable bonds is 5. The van der Waals surface area contributed by atoms with Crippen molar-refractivity contribution in [1.29, 1.82) is 0 Å². The summed E-state index contributed by atoms with van der Waals surface area (Å²) in [7, 11) is -2.96. The maximum absolute atomic E-state index is 11.9. The average molecular weight is 434 g/mol. The number of nitrogens with zero attached hydrogens (tertiary/aromatic N) is 3.